The fourth-order valence-corrected chi connectivity index (χ4v) is 2.30. The van der Waals surface area contributed by atoms with E-state index in [9.17, 15) is 8.42 Å². The predicted molar refractivity (Wildman–Crippen MR) is 48.5 cm³/mol. The van der Waals surface area contributed by atoms with E-state index in [0.717, 1.165) is 25.7 Å². The molecule has 0 aromatic rings. The molecule has 0 N–H and O–H groups in total. The van der Waals surface area contributed by atoms with Crippen molar-refractivity contribution in [2.75, 3.05) is 5.75 Å². The average Bonchev–Trinajstić information content (AvgIpc) is 2.06. The van der Waals surface area contributed by atoms with Gasteiger partial charge in [-0.05, 0) is 19.8 Å². The number of hydrogen-bond donors (Lipinski definition) is 0. The van der Waals surface area contributed by atoms with Gasteiger partial charge in [0.1, 0.15) is 0 Å². The summed E-state index contributed by atoms with van der Waals surface area (Å²) in [5, 5.41) is 0. The molecule has 4 heteroatoms. The normalized spacial score (nSPS) is 21.1. The Labute approximate surface area is 74.6 Å². The van der Waals surface area contributed by atoms with Crippen LogP contribution in [0.4, 0.5) is 0 Å². The number of nitrogens with zero attached hydrogens (tertiary/aromatic N) is 1. The molecule has 0 saturated heterocycles. The fraction of sp³-hybridized carbons (Fsp3) is 1.00. The van der Waals surface area contributed by atoms with Gasteiger partial charge >= 0.3 is 0 Å². The molecule has 0 heterocycles. The van der Waals surface area contributed by atoms with E-state index in [2.05, 4.69) is 4.72 Å². The van der Waals surface area contributed by atoms with Crippen LogP contribution < -0.4 is 4.72 Å². The van der Waals surface area contributed by atoms with Crippen LogP contribution in [0, 0.1) is 0 Å². The van der Waals surface area contributed by atoms with Gasteiger partial charge in [0.25, 0.3) is 0 Å². The molecule has 0 aromatic carbocycles. The first kappa shape index (κ1) is 9.99. The second-order valence-electron chi connectivity index (χ2n) is 3.27. The zero-order valence-electron chi connectivity index (χ0n) is 7.49. The molecule has 1 fully saturated rings. The minimum Gasteiger partial charge on any atom is -0.211 e. The summed E-state index contributed by atoms with van der Waals surface area (Å²) < 4.78 is 26.1. The summed E-state index contributed by atoms with van der Waals surface area (Å²) in [5.41, 5.74) is 0. The molecule has 0 aliphatic heterocycles. The van der Waals surface area contributed by atoms with Crippen molar-refractivity contribution in [1.82, 2.24) is 4.72 Å². The van der Waals surface area contributed by atoms with Crippen LogP contribution in [0.3, 0.4) is 0 Å². The molecule has 12 heavy (non-hydrogen) atoms. The number of sulfonamides is 1. The first-order chi connectivity index (χ1) is 5.64. The second-order valence-corrected chi connectivity index (χ2v) is 5.22. The van der Waals surface area contributed by atoms with Gasteiger partial charge in [-0.2, -0.15) is 0 Å². The lowest BCUT2D eigenvalue weighted by Crippen LogP contribution is -2.30. The second kappa shape index (κ2) is 4.23. The monoisotopic (exact) mass is 190 g/mol. The standard InChI is InChI=1S/C8H16NO2S/c1-2-12(10,11)9-8-6-4-3-5-7-8/h8H,2-7H2,1H3. The van der Waals surface area contributed by atoms with Crippen LogP contribution in [0.1, 0.15) is 39.0 Å². The van der Waals surface area contributed by atoms with Crippen LogP contribution in [0.5, 0.6) is 0 Å². The average molecular weight is 190 g/mol. The van der Waals surface area contributed by atoms with Crippen molar-refractivity contribution in [1.29, 1.82) is 0 Å². The molecule has 1 radical (unpaired) electrons. The maximum atomic E-state index is 11.1. The number of rotatable bonds is 3. The minimum absolute atomic E-state index is 0.0868. The topological polar surface area (TPSA) is 48.2 Å². The highest BCUT2D eigenvalue weighted by molar-refractivity contribution is 7.89. The Morgan fingerprint density at radius 2 is 1.83 bits per heavy atom. The summed E-state index contributed by atoms with van der Waals surface area (Å²) in [6, 6.07) is 0.0868. The van der Waals surface area contributed by atoms with Crippen LogP contribution in [0.2, 0.25) is 0 Å². The van der Waals surface area contributed by atoms with Crippen LogP contribution in [0.15, 0.2) is 0 Å². The minimum atomic E-state index is -3.09. The molecule has 71 valence electrons. The van der Waals surface area contributed by atoms with Crippen molar-refractivity contribution < 1.29 is 8.42 Å². The maximum Gasteiger partial charge on any atom is 0.227 e. The quantitative estimate of drug-likeness (QED) is 0.673. The third-order valence-corrected chi connectivity index (χ3v) is 3.60. The van der Waals surface area contributed by atoms with Gasteiger partial charge < -0.3 is 0 Å². The lowest BCUT2D eigenvalue weighted by Gasteiger charge is -2.20. The molecular formula is C8H16NO2S. The molecule has 3 nitrogen and oxygen atoms in total. The molecule has 1 aliphatic rings. The Hall–Kier alpha value is -0.0900. The third kappa shape index (κ3) is 3.11. The van der Waals surface area contributed by atoms with Gasteiger partial charge in [-0.3, -0.25) is 0 Å². The van der Waals surface area contributed by atoms with Gasteiger partial charge in [-0.15, -0.1) is 4.72 Å². The molecule has 0 spiro atoms. The van der Waals surface area contributed by atoms with Gasteiger partial charge in [0, 0.05) is 6.04 Å². The molecule has 1 saturated carbocycles. The highest BCUT2D eigenvalue weighted by atomic mass is 32.2. The zero-order valence-corrected chi connectivity index (χ0v) is 8.31. The van der Waals surface area contributed by atoms with Crippen LogP contribution in [-0.2, 0) is 10.0 Å². The summed E-state index contributed by atoms with van der Waals surface area (Å²) >= 11 is 0. The Bertz CT molecular complexity index is 217. The molecule has 0 unspecified atom stereocenters. The first-order valence-corrected chi connectivity index (χ1v) is 6.20. The fourth-order valence-electron chi connectivity index (χ4n) is 1.49. The summed E-state index contributed by atoms with van der Waals surface area (Å²) in [5.74, 6) is 0.142. The van der Waals surface area contributed by atoms with Gasteiger partial charge in [0.15, 0.2) is 0 Å². The first-order valence-electron chi connectivity index (χ1n) is 4.59. The van der Waals surface area contributed by atoms with Crippen molar-refractivity contribution in [3.63, 3.8) is 0 Å². The van der Waals surface area contributed by atoms with E-state index in [-0.39, 0.29) is 11.8 Å². The molecule has 1 aliphatic carbocycles. The predicted octanol–water partition coefficient (Wildman–Crippen LogP) is 1.27. The van der Waals surface area contributed by atoms with Gasteiger partial charge in [0.05, 0.1) is 5.75 Å². The van der Waals surface area contributed by atoms with E-state index in [1.54, 1.807) is 6.92 Å². The summed E-state index contributed by atoms with van der Waals surface area (Å²) in [4.78, 5) is 0. The smallest absolute Gasteiger partial charge is 0.211 e. The van der Waals surface area contributed by atoms with E-state index < -0.39 is 10.0 Å². The summed E-state index contributed by atoms with van der Waals surface area (Å²) in [6.07, 6.45) is 5.41. The van der Waals surface area contributed by atoms with Crippen LogP contribution in [-0.4, -0.2) is 20.2 Å². The Morgan fingerprint density at radius 3 is 2.33 bits per heavy atom. The Balaban J connectivity index is 2.39. The Kier molecular flexibility index (Phi) is 3.53. The van der Waals surface area contributed by atoms with Crippen molar-refractivity contribution in [3.8, 4) is 0 Å². The molecule has 0 aromatic heterocycles. The number of hydrogen-bond acceptors (Lipinski definition) is 2. The molecule has 0 amide bonds. The molecular weight excluding hydrogens is 174 g/mol. The van der Waals surface area contributed by atoms with E-state index in [1.165, 1.54) is 6.42 Å². The van der Waals surface area contributed by atoms with Crippen molar-refractivity contribution in [2.45, 2.75) is 45.1 Å². The van der Waals surface area contributed by atoms with E-state index in [1.807, 2.05) is 0 Å². The van der Waals surface area contributed by atoms with Gasteiger partial charge in [0.2, 0.25) is 10.0 Å². The van der Waals surface area contributed by atoms with Crippen molar-refractivity contribution >= 4 is 10.0 Å². The van der Waals surface area contributed by atoms with E-state index in [4.69, 9.17) is 0 Å². The third-order valence-electron chi connectivity index (χ3n) is 2.25. The van der Waals surface area contributed by atoms with Crippen LogP contribution in [0.25, 0.3) is 0 Å². The van der Waals surface area contributed by atoms with Crippen LogP contribution >= 0.6 is 0 Å². The maximum absolute atomic E-state index is 11.1. The van der Waals surface area contributed by atoms with Crippen molar-refractivity contribution in [3.05, 3.63) is 0 Å². The Morgan fingerprint density at radius 1 is 1.25 bits per heavy atom. The largest absolute Gasteiger partial charge is 0.227 e. The molecule has 0 bridgehead atoms. The van der Waals surface area contributed by atoms with Gasteiger partial charge in [-0.25, -0.2) is 8.42 Å². The highest BCUT2D eigenvalue weighted by Crippen LogP contribution is 2.18. The highest BCUT2D eigenvalue weighted by Gasteiger charge is 2.20. The summed E-state index contributed by atoms with van der Waals surface area (Å²) in [6.45, 7) is 1.64. The van der Waals surface area contributed by atoms with Gasteiger partial charge in [-0.1, -0.05) is 19.3 Å². The zero-order chi connectivity index (χ0) is 9.03. The van der Waals surface area contributed by atoms with Crippen molar-refractivity contribution in [2.24, 2.45) is 0 Å². The lowest BCUT2D eigenvalue weighted by molar-refractivity contribution is 0.408. The van der Waals surface area contributed by atoms with E-state index in [0.29, 0.717) is 0 Å². The lowest BCUT2D eigenvalue weighted by atomic mass is 9.96. The SMILES string of the molecule is CCS(=O)(=O)[N]C1CCCCC1. The summed E-state index contributed by atoms with van der Waals surface area (Å²) in [7, 11) is -3.09. The van der Waals surface area contributed by atoms with E-state index >= 15 is 0 Å². The molecule has 0 atom stereocenters. The molecule has 1 rings (SSSR count).